The van der Waals surface area contributed by atoms with Gasteiger partial charge in [-0.3, -0.25) is 0 Å². The third-order valence-corrected chi connectivity index (χ3v) is 7.71. The van der Waals surface area contributed by atoms with Gasteiger partial charge in [-0.15, -0.1) is 0 Å². The fourth-order valence-electron chi connectivity index (χ4n) is 4.62. The monoisotopic (exact) mass is 512 g/mol. The Kier molecular flexibility index (Phi) is 11.8. The summed E-state index contributed by atoms with van der Waals surface area (Å²) < 4.78 is 11.2. The van der Waals surface area contributed by atoms with Crippen LogP contribution < -0.4 is 0 Å². The fraction of sp³-hybridized carbons (Fsp3) is 0.516. The van der Waals surface area contributed by atoms with Crippen LogP contribution in [0.25, 0.3) is 0 Å². The van der Waals surface area contributed by atoms with Crippen molar-refractivity contribution in [2.24, 2.45) is 5.41 Å². The van der Waals surface area contributed by atoms with Gasteiger partial charge in [-0.25, -0.2) is 4.79 Å². The summed E-state index contributed by atoms with van der Waals surface area (Å²) in [6, 6.07) is 0. The summed E-state index contributed by atoms with van der Waals surface area (Å²) in [6.45, 7) is 18.9. The highest BCUT2D eigenvalue weighted by Crippen LogP contribution is 2.52. The molecule has 4 nitrogen and oxygen atoms in total. The minimum atomic E-state index is -1.85. The molecule has 0 aromatic carbocycles. The lowest BCUT2D eigenvalue weighted by atomic mass is 9.58. The maximum absolute atomic E-state index is 12.0. The molecule has 1 aliphatic carbocycles. The molecule has 0 aliphatic heterocycles. The summed E-state index contributed by atoms with van der Waals surface area (Å²) >= 11 is 0. The Hall–Kier alpha value is -2.21. The van der Waals surface area contributed by atoms with Crippen molar-refractivity contribution in [2.75, 3.05) is 7.11 Å². The summed E-state index contributed by atoms with van der Waals surface area (Å²) in [5.74, 6) is -0.365. The van der Waals surface area contributed by atoms with Gasteiger partial charge in [-0.05, 0) is 78.1 Å². The van der Waals surface area contributed by atoms with Gasteiger partial charge in [0.25, 0.3) is 0 Å². The predicted molar refractivity (Wildman–Crippen MR) is 155 cm³/mol. The molecule has 2 atom stereocenters. The number of ether oxygens (including phenoxy) is 1. The van der Waals surface area contributed by atoms with Crippen molar-refractivity contribution in [3.05, 3.63) is 83.6 Å². The highest BCUT2D eigenvalue weighted by molar-refractivity contribution is 6.69. The van der Waals surface area contributed by atoms with E-state index in [1.807, 2.05) is 69.4 Å². The van der Waals surface area contributed by atoms with E-state index in [4.69, 9.17) is 4.43 Å². The van der Waals surface area contributed by atoms with Crippen LogP contribution in [0.3, 0.4) is 0 Å². The smallest absolute Gasteiger partial charge is 0.330 e. The molecule has 200 valence electrons. The zero-order valence-electron chi connectivity index (χ0n) is 24.1. The van der Waals surface area contributed by atoms with Gasteiger partial charge in [0.2, 0.25) is 0 Å². The Morgan fingerprint density at radius 2 is 1.33 bits per heavy atom. The standard InChI is InChI=1S/C31H48O4Si/c1-25(15-11-12-16-26(2)19-20-28(32)34-7)17-13-18-27(3)21-24-31(33)29(4,5)22-14-23-30(31,6)35-36(8,9)10/h11-13,15-21,24,33H,14,22-23H2,1-10H3/b12-11+,17-13+,20-19+,24-21+,25-15+,26-16+,27-18+/t30-,31-/m1/s1. The molecule has 1 fully saturated rings. The number of carbonyl (C=O) groups is 1. The molecule has 0 unspecified atom stereocenters. The predicted octanol–water partition coefficient (Wildman–Crippen LogP) is 7.77. The number of hydrogen-bond acceptors (Lipinski definition) is 4. The van der Waals surface area contributed by atoms with Crippen molar-refractivity contribution in [1.82, 2.24) is 0 Å². The van der Waals surface area contributed by atoms with Crippen LogP contribution in [0.4, 0.5) is 0 Å². The second-order valence-corrected chi connectivity index (χ2v) is 16.0. The second-order valence-electron chi connectivity index (χ2n) is 11.6. The van der Waals surface area contributed by atoms with E-state index in [1.165, 1.54) is 13.2 Å². The Balaban J connectivity index is 2.93. The first-order valence-corrected chi connectivity index (χ1v) is 16.2. The van der Waals surface area contributed by atoms with Crippen LogP contribution in [-0.2, 0) is 14.0 Å². The molecule has 0 spiro atoms. The highest BCUT2D eigenvalue weighted by atomic mass is 28.4. The van der Waals surface area contributed by atoms with Crippen molar-refractivity contribution < 1.29 is 19.1 Å². The van der Waals surface area contributed by atoms with E-state index in [-0.39, 0.29) is 11.4 Å². The Bertz CT molecular complexity index is 969. The Morgan fingerprint density at radius 1 is 0.806 bits per heavy atom. The molecule has 1 N–H and O–H groups in total. The van der Waals surface area contributed by atoms with E-state index >= 15 is 0 Å². The summed E-state index contributed by atoms with van der Waals surface area (Å²) in [6.07, 6.45) is 24.0. The van der Waals surface area contributed by atoms with Gasteiger partial charge in [0.1, 0.15) is 5.60 Å². The lowest BCUT2D eigenvalue weighted by Gasteiger charge is -2.57. The Labute approximate surface area is 221 Å². The topological polar surface area (TPSA) is 55.8 Å². The molecule has 0 aromatic rings. The number of allylic oxidation sites excluding steroid dienone is 12. The first-order valence-electron chi connectivity index (χ1n) is 12.8. The minimum Gasteiger partial charge on any atom is -0.466 e. The number of hydrogen-bond donors (Lipinski definition) is 1. The molecule has 0 bridgehead atoms. The summed E-state index contributed by atoms with van der Waals surface area (Å²) in [5, 5.41) is 12.0. The van der Waals surface area contributed by atoms with Crippen LogP contribution in [0.5, 0.6) is 0 Å². The maximum Gasteiger partial charge on any atom is 0.330 e. The van der Waals surface area contributed by atoms with Crippen molar-refractivity contribution in [3.63, 3.8) is 0 Å². The van der Waals surface area contributed by atoms with E-state index in [0.29, 0.717) is 0 Å². The number of carbonyl (C=O) groups excluding carboxylic acids is 1. The molecule has 5 heteroatoms. The van der Waals surface area contributed by atoms with E-state index in [1.54, 1.807) is 6.08 Å². The molecule has 0 aromatic heterocycles. The SMILES string of the molecule is COC(=O)/C=C/C(C)=C/C=C/C=C(C)/C=C/C=C(C)/C=C/[C@@]1(O)C(C)(C)CCC[C@@]1(C)O[Si](C)(C)C. The van der Waals surface area contributed by atoms with Crippen LogP contribution in [0.1, 0.15) is 60.8 Å². The van der Waals surface area contributed by atoms with Crippen LogP contribution >= 0.6 is 0 Å². The zero-order valence-corrected chi connectivity index (χ0v) is 25.1. The quantitative estimate of drug-likeness (QED) is 0.141. The fourth-order valence-corrected chi connectivity index (χ4v) is 6.23. The van der Waals surface area contributed by atoms with Crippen LogP contribution in [-0.4, -0.2) is 37.7 Å². The van der Waals surface area contributed by atoms with Gasteiger partial charge in [0, 0.05) is 6.08 Å². The average molecular weight is 513 g/mol. The lowest BCUT2D eigenvalue weighted by molar-refractivity contribution is -0.185. The first kappa shape index (κ1) is 31.8. The number of esters is 1. The molecule has 1 rings (SSSR count). The molecule has 0 amide bonds. The van der Waals surface area contributed by atoms with Crippen LogP contribution in [0.15, 0.2) is 83.6 Å². The lowest BCUT2D eigenvalue weighted by Crippen LogP contribution is -2.65. The van der Waals surface area contributed by atoms with Gasteiger partial charge in [-0.2, -0.15) is 0 Å². The van der Waals surface area contributed by atoms with Gasteiger partial charge in [0.15, 0.2) is 8.32 Å². The molecule has 1 aliphatic rings. The number of aliphatic hydroxyl groups is 1. The van der Waals surface area contributed by atoms with Gasteiger partial charge < -0.3 is 14.3 Å². The average Bonchev–Trinajstić information content (AvgIpc) is 2.76. The largest absolute Gasteiger partial charge is 0.466 e. The van der Waals surface area contributed by atoms with E-state index in [0.717, 1.165) is 36.0 Å². The summed E-state index contributed by atoms with van der Waals surface area (Å²) in [7, 11) is -0.485. The van der Waals surface area contributed by atoms with Crippen LogP contribution in [0, 0.1) is 5.41 Å². The number of rotatable bonds is 10. The van der Waals surface area contributed by atoms with E-state index in [2.05, 4.69) is 51.2 Å². The number of methoxy groups -OCH3 is 1. The molecule has 1 saturated carbocycles. The van der Waals surface area contributed by atoms with Gasteiger partial charge >= 0.3 is 5.97 Å². The molecule has 36 heavy (non-hydrogen) atoms. The van der Waals surface area contributed by atoms with Crippen molar-refractivity contribution in [2.45, 2.75) is 91.6 Å². The second kappa shape index (κ2) is 13.4. The van der Waals surface area contributed by atoms with Crippen molar-refractivity contribution >= 4 is 14.3 Å². The molecule has 0 saturated heterocycles. The highest BCUT2D eigenvalue weighted by Gasteiger charge is 2.58. The maximum atomic E-state index is 12.0. The van der Waals surface area contributed by atoms with Crippen molar-refractivity contribution in [3.8, 4) is 0 Å². The zero-order chi connectivity index (χ0) is 27.6. The Morgan fingerprint density at radius 3 is 1.89 bits per heavy atom. The third kappa shape index (κ3) is 9.68. The van der Waals surface area contributed by atoms with E-state index in [9.17, 15) is 9.90 Å². The molecule has 0 radical (unpaired) electrons. The van der Waals surface area contributed by atoms with Gasteiger partial charge in [-0.1, -0.05) is 85.3 Å². The summed E-state index contributed by atoms with van der Waals surface area (Å²) in [5.41, 5.74) is 1.21. The summed E-state index contributed by atoms with van der Waals surface area (Å²) in [4.78, 5) is 11.1. The first-order chi connectivity index (χ1) is 16.6. The van der Waals surface area contributed by atoms with E-state index < -0.39 is 19.5 Å². The van der Waals surface area contributed by atoms with Crippen LogP contribution in [0.2, 0.25) is 19.6 Å². The minimum absolute atomic E-state index is 0.278. The third-order valence-electron chi connectivity index (χ3n) is 6.64. The van der Waals surface area contributed by atoms with Crippen molar-refractivity contribution in [1.29, 1.82) is 0 Å². The normalized spacial score (nSPS) is 26.6. The van der Waals surface area contributed by atoms with Gasteiger partial charge in [0.05, 0.1) is 12.7 Å². The molecular weight excluding hydrogens is 464 g/mol. The molecular formula is C31H48O4Si. The molecule has 0 heterocycles.